The third-order valence-corrected chi connectivity index (χ3v) is 6.48. The summed E-state index contributed by atoms with van der Waals surface area (Å²) in [6.07, 6.45) is 5.43. The smallest absolute Gasteiger partial charge is 0.162 e. The Morgan fingerprint density at radius 2 is 2.00 bits per heavy atom. The van der Waals surface area contributed by atoms with E-state index in [1.807, 2.05) is 43.3 Å². The highest BCUT2D eigenvalue weighted by Gasteiger charge is 2.27. The van der Waals surface area contributed by atoms with Crippen molar-refractivity contribution in [2.45, 2.75) is 70.4 Å². The van der Waals surface area contributed by atoms with Crippen molar-refractivity contribution in [2.75, 3.05) is 0 Å². The highest BCUT2D eigenvalue weighted by atomic mass is 35.5. The van der Waals surface area contributed by atoms with Crippen molar-refractivity contribution in [1.29, 1.82) is 0 Å². The van der Waals surface area contributed by atoms with Crippen LogP contribution in [0.2, 0.25) is 5.15 Å². The number of pyridine rings is 1. The Morgan fingerprint density at radius 3 is 2.67 bits per heavy atom. The fourth-order valence-corrected chi connectivity index (χ4v) is 4.30. The molecular formula is C24H28ClN3O2. The van der Waals surface area contributed by atoms with Crippen LogP contribution < -0.4 is 0 Å². The second-order valence-corrected chi connectivity index (χ2v) is 8.99. The van der Waals surface area contributed by atoms with Crippen LogP contribution in [0.4, 0.5) is 0 Å². The average Bonchev–Trinajstić information content (AvgIpc) is 2.98. The molecule has 1 aromatic carbocycles. The lowest BCUT2D eigenvalue weighted by molar-refractivity contribution is -0.123. The molecule has 3 aromatic rings. The summed E-state index contributed by atoms with van der Waals surface area (Å²) in [5.74, 6) is 1.04. The molecule has 0 amide bonds. The third kappa shape index (κ3) is 4.28. The standard InChI is InChI=1S/C24H28ClN3O2/c1-16-14-20-23(27-22(16)25)28(18-10-6-11-18)21(26-20)13-7-12-19(29)15-24(2,30)17-8-4-3-5-9-17/h3-5,8-9,14,18,30H,6-7,10-13,15H2,1-2H3. The minimum Gasteiger partial charge on any atom is -0.385 e. The summed E-state index contributed by atoms with van der Waals surface area (Å²) in [5.41, 5.74) is 2.27. The number of rotatable bonds is 8. The van der Waals surface area contributed by atoms with E-state index in [9.17, 15) is 9.90 Å². The molecule has 5 nitrogen and oxygen atoms in total. The van der Waals surface area contributed by atoms with Gasteiger partial charge in [0.1, 0.15) is 22.3 Å². The molecule has 2 heterocycles. The zero-order valence-corrected chi connectivity index (χ0v) is 18.3. The number of halogens is 1. The molecular weight excluding hydrogens is 398 g/mol. The van der Waals surface area contributed by atoms with Gasteiger partial charge in [-0.3, -0.25) is 4.79 Å². The largest absolute Gasteiger partial charge is 0.385 e. The number of aromatic nitrogens is 3. The Balaban J connectivity index is 1.44. The molecule has 1 fully saturated rings. The van der Waals surface area contributed by atoms with Gasteiger partial charge in [-0.2, -0.15) is 0 Å². The van der Waals surface area contributed by atoms with Crippen LogP contribution in [0.25, 0.3) is 11.2 Å². The summed E-state index contributed by atoms with van der Waals surface area (Å²) in [4.78, 5) is 22.0. The van der Waals surface area contributed by atoms with Crippen molar-refractivity contribution in [3.05, 3.63) is 58.5 Å². The normalized spacial score (nSPS) is 16.4. The van der Waals surface area contributed by atoms with Gasteiger partial charge in [-0.25, -0.2) is 9.97 Å². The van der Waals surface area contributed by atoms with Gasteiger partial charge >= 0.3 is 0 Å². The molecule has 0 spiro atoms. The van der Waals surface area contributed by atoms with E-state index in [1.165, 1.54) is 6.42 Å². The van der Waals surface area contributed by atoms with E-state index in [2.05, 4.69) is 9.55 Å². The number of imidazole rings is 1. The molecule has 0 bridgehead atoms. The van der Waals surface area contributed by atoms with Gasteiger partial charge in [-0.15, -0.1) is 0 Å². The van der Waals surface area contributed by atoms with Gasteiger partial charge in [0.05, 0.1) is 5.60 Å². The lowest BCUT2D eigenvalue weighted by Crippen LogP contribution is -2.25. The molecule has 1 saturated carbocycles. The Bertz CT molecular complexity index is 1060. The number of Topliss-reactive ketones (excluding diaryl/α,β-unsaturated/α-hetero) is 1. The number of nitrogens with zero attached hydrogens (tertiary/aromatic N) is 3. The molecule has 0 saturated heterocycles. The number of benzene rings is 1. The van der Waals surface area contributed by atoms with Crippen molar-refractivity contribution >= 4 is 28.5 Å². The number of aliphatic hydroxyl groups is 1. The van der Waals surface area contributed by atoms with Crippen molar-refractivity contribution in [1.82, 2.24) is 14.5 Å². The number of hydrogen-bond donors (Lipinski definition) is 1. The zero-order chi connectivity index (χ0) is 21.3. The fraction of sp³-hybridized carbons (Fsp3) is 0.458. The predicted octanol–water partition coefficient (Wildman–Crippen LogP) is 5.31. The quantitative estimate of drug-likeness (QED) is 0.496. The molecule has 1 N–H and O–H groups in total. The monoisotopic (exact) mass is 425 g/mol. The molecule has 158 valence electrons. The van der Waals surface area contributed by atoms with Gasteiger partial charge in [0.15, 0.2) is 5.65 Å². The summed E-state index contributed by atoms with van der Waals surface area (Å²) >= 11 is 6.27. The van der Waals surface area contributed by atoms with Crippen LogP contribution in [-0.2, 0) is 16.8 Å². The van der Waals surface area contributed by atoms with Crippen LogP contribution >= 0.6 is 11.6 Å². The number of fused-ring (bicyclic) bond motifs is 1. The molecule has 6 heteroatoms. The molecule has 1 aliphatic carbocycles. The lowest BCUT2D eigenvalue weighted by Gasteiger charge is -2.28. The number of aryl methyl sites for hydroxylation is 2. The van der Waals surface area contributed by atoms with Gasteiger partial charge < -0.3 is 9.67 Å². The van der Waals surface area contributed by atoms with Crippen molar-refractivity contribution < 1.29 is 9.90 Å². The maximum Gasteiger partial charge on any atom is 0.162 e. The van der Waals surface area contributed by atoms with Gasteiger partial charge in [0, 0.05) is 25.3 Å². The number of carbonyl (C=O) groups excluding carboxylic acids is 1. The fourth-order valence-electron chi connectivity index (χ4n) is 4.16. The Kier molecular flexibility index (Phi) is 5.94. The number of hydrogen-bond acceptors (Lipinski definition) is 4. The van der Waals surface area contributed by atoms with Gasteiger partial charge in [0.2, 0.25) is 0 Å². The van der Waals surface area contributed by atoms with E-state index < -0.39 is 5.60 Å². The van der Waals surface area contributed by atoms with Crippen LogP contribution in [0.1, 0.15) is 68.4 Å². The summed E-state index contributed by atoms with van der Waals surface area (Å²) in [7, 11) is 0. The molecule has 1 unspecified atom stereocenters. The van der Waals surface area contributed by atoms with Crippen LogP contribution in [0, 0.1) is 6.92 Å². The second-order valence-electron chi connectivity index (χ2n) is 8.63. The van der Waals surface area contributed by atoms with Crippen LogP contribution in [0.15, 0.2) is 36.4 Å². The molecule has 0 aliphatic heterocycles. The summed E-state index contributed by atoms with van der Waals surface area (Å²) in [6, 6.07) is 11.8. The molecule has 1 aliphatic rings. The third-order valence-electron chi connectivity index (χ3n) is 6.10. The first-order valence-corrected chi connectivity index (χ1v) is 11.1. The van der Waals surface area contributed by atoms with Crippen molar-refractivity contribution in [2.24, 2.45) is 0 Å². The highest BCUT2D eigenvalue weighted by Crippen LogP contribution is 2.36. The van der Waals surface area contributed by atoms with Crippen LogP contribution in [0.3, 0.4) is 0 Å². The van der Waals surface area contributed by atoms with Gasteiger partial charge in [-0.05, 0) is 56.7 Å². The minimum absolute atomic E-state index is 0.0622. The summed E-state index contributed by atoms with van der Waals surface area (Å²) < 4.78 is 2.23. The second kappa shape index (κ2) is 8.48. The molecule has 2 aromatic heterocycles. The van der Waals surface area contributed by atoms with E-state index in [0.29, 0.717) is 30.5 Å². The minimum atomic E-state index is -1.14. The Labute approximate surface area is 182 Å². The maximum atomic E-state index is 12.6. The topological polar surface area (TPSA) is 68.0 Å². The molecule has 1 atom stereocenters. The van der Waals surface area contributed by atoms with E-state index >= 15 is 0 Å². The summed E-state index contributed by atoms with van der Waals surface area (Å²) in [6.45, 7) is 3.64. The predicted molar refractivity (Wildman–Crippen MR) is 119 cm³/mol. The van der Waals surface area contributed by atoms with E-state index in [-0.39, 0.29) is 12.2 Å². The average molecular weight is 426 g/mol. The van der Waals surface area contributed by atoms with Crippen LogP contribution in [-0.4, -0.2) is 25.4 Å². The van der Waals surface area contributed by atoms with Crippen molar-refractivity contribution in [3.63, 3.8) is 0 Å². The lowest BCUT2D eigenvalue weighted by atomic mass is 9.89. The first kappa shape index (κ1) is 21.0. The van der Waals surface area contributed by atoms with E-state index in [0.717, 1.165) is 41.0 Å². The van der Waals surface area contributed by atoms with E-state index in [4.69, 9.17) is 16.6 Å². The molecule has 30 heavy (non-hydrogen) atoms. The molecule has 0 radical (unpaired) electrons. The maximum absolute atomic E-state index is 12.6. The van der Waals surface area contributed by atoms with Crippen LogP contribution in [0.5, 0.6) is 0 Å². The first-order valence-electron chi connectivity index (χ1n) is 10.7. The molecule has 4 rings (SSSR count). The van der Waals surface area contributed by atoms with E-state index in [1.54, 1.807) is 6.92 Å². The van der Waals surface area contributed by atoms with Gasteiger partial charge in [-0.1, -0.05) is 41.9 Å². The summed E-state index contributed by atoms with van der Waals surface area (Å²) in [5, 5.41) is 11.2. The Morgan fingerprint density at radius 1 is 1.27 bits per heavy atom. The first-order chi connectivity index (χ1) is 14.3. The van der Waals surface area contributed by atoms with Gasteiger partial charge in [0.25, 0.3) is 0 Å². The highest BCUT2D eigenvalue weighted by molar-refractivity contribution is 6.30. The number of carbonyl (C=O) groups is 1. The zero-order valence-electron chi connectivity index (χ0n) is 17.6. The number of ketones is 1. The SMILES string of the molecule is Cc1cc2nc(CCCC(=O)CC(C)(O)c3ccccc3)n(C3CCC3)c2nc1Cl. The van der Waals surface area contributed by atoms with Crippen molar-refractivity contribution in [3.8, 4) is 0 Å². The Hall–Kier alpha value is -2.24.